The number of hydrogen-bond acceptors (Lipinski definition) is 4. The molecule has 206 valence electrons. The Balaban J connectivity index is 0.000000176. The summed E-state index contributed by atoms with van der Waals surface area (Å²) in [5, 5.41) is -2.43. The van der Waals surface area contributed by atoms with Crippen LogP contribution in [0.1, 0.15) is 58.3 Å². The molecule has 5 rings (SSSR count). The van der Waals surface area contributed by atoms with Crippen molar-refractivity contribution in [3.05, 3.63) is 36.4 Å². The average Bonchev–Trinajstić information content (AvgIpc) is 3.63. The predicted octanol–water partition coefficient (Wildman–Crippen LogP) is 7.17. The highest BCUT2D eigenvalue weighted by Gasteiger charge is 2.57. The van der Waals surface area contributed by atoms with Gasteiger partial charge in [-0.2, -0.15) is 17.2 Å². The van der Waals surface area contributed by atoms with Crippen LogP contribution in [0.2, 0.25) is 0 Å². The summed E-state index contributed by atoms with van der Waals surface area (Å²) in [6.45, 7) is 3.03. The first-order chi connectivity index (χ1) is 17.6. The van der Waals surface area contributed by atoms with Crippen molar-refractivity contribution in [1.82, 2.24) is 0 Å². The van der Waals surface area contributed by atoms with Gasteiger partial charge in [0.25, 0.3) is 0 Å². The molecule has 10 heteroatoms. The van der Waals surface area contributed by atoms with E-state index in [-0.39, 0.29) is 11.8 Å². The molecule has 37 heavy (non-hydrogen) atoms. The zero-order chi connectivity index (χ0) is 26.6. The van der Waals surface area contributed by atoms with Crippen molar-refractivity contribution in [3.8, 4) is 5.75 Å². The molecule has 2 bridgehead atoms. The number of hydrogen-bond donors (Lipinski definition) is 0. The van der Waals surface area contributed by atoms with Crippen LogP contribution >= 0.6 is 0 Å². The van der Waals surface area contributed by atoms with Gasteiger partial charge in [-0.1, -0.05) is 31.5 Å². The second-order valence-corrected chi connectivity index (χ2v) is 13.9. The molecular formula is C27H35F4O4S2+. The summed E-state index contributed by atoms with van der Waals surface area (Å²) in [5.41, 5.74) is 0. The molecule has 2 aromatic carbocycles. The molecule has 0 N–H and O–H groups in total. The molecule has 3 aliphatic rings. The van der Waals surface area contributed by atoms with E-state index in [9.17, 15) is 26.0 Å². The monoisotopic (exact) mass is 563 g/mol. The standard InChI is InChI=1S/C18H23OS.C9H12F4O3S/c1-2-3-12-19-17-10-11-18(20-13-6-7-14-20)16-9-5-4-8-15(16)17;10-8(11)9(12,13)17(14,15)16-7-4-5-1-2-6(7)3-5/h4-5,8-11H,2-3,6-7,12-14H2,1H3;5-8H,1-4H2/q+1;. The zero-order valence-electron chi connectivity index (χ0n) is 21.0. The molecule has 0 amide bonds. The van der Waals surface area contributed by atoms with Gasteiger partial charge in [0.2, 0.25) is 0 Å². The molecule has 3 fully saturated rings. The van der Waals surface area contributed by atoms with E-state index in [1.165, 1.54) is 41.5 Å². The second-order valence-electron chi connectivity index (χ2n) is 10.0. The Morgan fingerprint density at radius 1 is 1.03 bits per heavy atom. The maximum atomic E-state index is 12.8. The van der Waals surface area contributed by atoms with Gasteiger partial charge in [-0.3, -0.25) is 4.18 Å². The maximum absolute atomic E-state index is 12.8. The summed E-state index contributed by atoms with van der Waals surface area (Å²) in [6.07, 6.45) is 2.71. The summed E-state index contributed by atoms with van der Waals surface area (Å²) in [7, 11) is -5.08. The third-order valence-corrected chi connectivity index (χ3v) is 11.3. The lowest BCUT2D eigenvalue weighted by Gasteiger charge is -2.24. The molecule has 3 atom stereocenters. The third kappa shape index (κ3) is 6.38. The smallest absolute Gasteiger partial charge is 0.428 e. The van der Waals surface area contributed by atoms with Gasteiger partial charge >= 0.3 is 21.8 Å². The van der Waals surface area contributed by atoms with Crippen LogP contribution in [0.15, 0.2) is 41.3 Å². The van der Waals surface area contributed by atoms with Crippen LogP contribution in [0.5, 0.6) is 5.75 Å². The highest BCUT2D eigenvalue weighted by Crippen LogP contribution is 2.47. The van der Waals surface area contributed by atoms with E-state index >= 15 is 0 Å². The maximum Gasteiger partial charge on any atom is 0.428 e. The van der Waals surface area contributed by atoms with Crippen molar-refractivity contribution in [2.75, 3.05) is 18.1 Å². The highest BCUT2D eigenvalue weighted by atomic mass is 32.2. The molecule has 2 aromatic rings. The summed E-state index contributed by atoms with van der Waals surface area (Å²) in [4.78, 5) is 1.56. The second kappa shape index (κ2) is 12.1. The molecule has 3 unspecified atom stereocenters. The van der Waals surface area contributed by atoms with Gasteiger partial charge in [0.15, 0.2) is 4.90 Å². The first-order valence-corrected chi connectivity index (χ1v) is 16.0. The van der Waals surface area contributed by atoms with Gasteiger partial charge in [0.1, 0.15) is 17.3 Å². The summed E-state index contributed by atoms with van der Waals surface area (Å²) in [5.74, 6) is 3.99. The van der Waals surface area contributed by atoms with Gasteiger partial charge in [-0.25, -0.2) is 8.78 Å². The number of halogens is 4. The van der Waals surface area contributed by atoms with Crippen molar-refractivity contribution in [3.63, 3.8) is 0 Å². The lowest BCUT2D eigenvalue weighted by molar-refractivity contribution is -0.0740. The fourth-order valence-corrected chi connectivity index (χ4v) is 8.87. The minimum Gasteiger partial charge on any atom is -0.493 e. The summed E-state index contributed by atoms with van der Waals surface area (Å²) >= 11 is 0. The van der Waals surface area contributed by atoms with E-state index in [0.29, 0.717) is 23.7 Å². The highest BCUT2D eigenvalue weighted by molar-refractivity contribution is 7.97. The molecule has 0 radical (unpaired) electrons. The Hall–Kier alpha value is -1.52. The first-order valence-electron chi connectivity index (χ1n) is 13.0. The van der Waals surface area contributed by atoms with Crippen LogP contribution in [0, 0.1) is 11.8 Å². The molecular weight excluding hydrogens is 528 g/mol. The van der Waals surface area contributed by atoms with Crippen molar-refractivity contribution < 1.29 is 34.9 Å². The number of alkyl halides is 4. The molecule has 1 saturated heterocycles. The predicted molar refractivity (Wildman–Crippen MR) is 139 cm³/mol. The Labute approximate surface area is 219 Å². The van der Waals surface area contributed by atoms with E-state index in [2.05, 4.69) is 47.5 Å². The van der Waals surface area contributed by atoms with Gasteiger partial charge in [-0.15, -0.1) is 0 Å². The van der Waals surface area contributed by atoms with Gasteiger partial charge in [0, 0.05) is 21.7 Å². The van der Waals surface area contributed by atoms with Crippen LogP contribution in [0.3, 0.4) is 0 Å². The summed E-state index contributed by atoms with van der Waals surface area (Å²) in [6, 6.07) is 13.3. The SMILES string of the molecule is CCCCOc1ccc([S+]2CCCC2)c2ccccc12.O=S(=O)(OC1CC2CCC1C2)C(F)(F)C(F)F. The van der Waals surface area contributed by atoms with Crippen LogP contribution < -0.4 is 4.74 Å². The van der Waals surface area contributed by atoms with Crippen molar-refractivity contribution >= 4 is 31.8 Å². The fraction of sp³-hybridized carbons (Fsp3) is 0.630. The third-order valence-electron chi connectivity index (χ3n) is 7.45. The molecule has 1 aliphatic heterocycles. The van der Waals surface area contributed by atoms with Crippen LogP contribution in [-0.4, -0.2) is 44.3 Å². The van der Waals surface area contributed by atoms with E-state index in [4.69, 9.17) is 4.74 Å². The van der Waals surface area contributed by atoms with E-state index in [1.807, 2.05) is 0 Å². The molecule has 1 heterocycles. The normalized spacial score (nSPS) is 24.0. The first kappa shape index (κ1) is 28.5. The van der Waals surface area contributed by atoms with E-state index < -0.39 is 27.9 Å². The van der Waals surface area contributed by atoms with Crippen molar-refractivity contribution in [1.29, 1.82) is 0 Å². The minimum atomic E-state index is -5.55. The minimum absolute atomic E-state index is 0.0942. The number of rotatable bonds is 9. The largest absolute Gasteiger partial charge is 0.493 e. The molecule has 2 aliphatic carbocycles. The lowest BCUT2D eigenvalue weighted by atomic mass is 9.98. The zero-order valence-corrected chi connectivity index (χ0v) is 22.6. The van der Waals surface area contributed by atoms with Crippen LogP contribution in [0.25, 0.3) is 10.8 Å². The topological polar surface area (TPSA) is 52.6 Å². The lowest BCUT2D eigenvalue weighted by Crippen LogP contribution is -2.40. The van der Waals surface area contributed by atoms with Crippen molar-refractivity contribution in [2.45, 2.75) is 81.0 Å². The number of ether oxygens (including phenoxy) is 1. The average molecular weight is 564 g/mol. The van der Waals surface area contributed by atoms with Crippen molar-refractivity contribution in [2.24, 2.45) is 11.8 Å². The number of unbranched alkanes of at least 4 members (excludes halogenated alkanes) is 1. The Bertz CT molecular complexity index is 1150. The molecule has 0 aromatic heterocycles. The molecule has 2 saturated carbocycles. The number of fused-ring (bicyclic) bond motifs is 3. The molecule has 0 spiro atoms. The Morgan fingerprint density at radius 3 is 2.32 bits per heavy atom. The Kier molecular flexibility index (Phi) is 9.33. The fourth-order valence-electron chi connectivity index (χ4n) is 5.46. The van der Waals surface area contributed by atoms with Gasteiger partial charge in [-0.05, 0) is 75.0 Å². The molecule has 4 nitrogen and oxygen atoms in total. The number of benzene rings is 2. The quantitative estimate of drug-likeness (QED) is 0.141. The van der Waals surface area contributed by atoms with Crippen LogP contribution in [0.4, 0.5) is 17.6 Å². The van der Waals surface area contributed by atoms with Gasteiger partial charge < -0.3 is 4.74 Å². The van der Waals surface area contributed by atoms with E-state index in [1.54, 1.807) is 4.90 Å². The van der Waals surface area contributed by atoms with E-state index in [0.717, 1.165) is 31.6 Å². The van der Waals surface area contributed by atoms with Crippen LogP contribution in [-0.2, 0) is 25.2 Å². The summed E-state index contributed by atoms with van der Waals surface area (Å²) < 4.78 is 81.9. The van der Waals surface area contributed by atoms with Gasteiger partial charge in [0.05, 0.1) is 12.7 Å². The Morgan fingerprint density at radius 2 is 1.73 bits per heavy atom.